The van der Waals surface area contributed by atoms with Crippen LogP contribution in [0.25, 0.3) is 0 Å². The SMILES string of the molecule is Cc1ccc(OCc2ccc(C(=O)Nc3cc(C)n(Cc4c(F)cccc4Cl)n3)o2)c([N+](=O)[O-])c1. The van der Waals surface area contributed by atoms with E-state index in [2.05, 4.69) is 10.4 Å². The van der Waals surface area contributed by atoms with Gasteiger partial charge in [-0.3, -0.25) is 19.6 Å². The summed E-state index contributed by atoms with van der Waals surface area (Å²) in [6.45, 7) is 3.51. The molecule has 1 N–H and O–H groups in total. The molecule has 4 rings (SSSR count). The van der Waals surface area contributed by atoms with E-state index in [-0.39, 0.29) is 41.2 Å². The van der Waals surface area contributed by atoms with Crippen LogP contribution in [-0.2, 0) is 13.2 Å². The van der Waals surface area contributed by atoms with Gasteiger partial charge in [0.2, 0.25) is 0 Å². The first-order valence-electron chi connectivity index (χ1n) is 10.5. The Balaban J connectivity index is 1.41. The van der Waals surface area contributed by atoms with Crippen LogP contribution in [0, 0.1) is 29.8 Å². The van der Waals surface area contributed by atoms with Gasteiger partial charge < -0.3 is 14.5 Å². The maximum absolute atomic E-state index is 14.1. The number of nitrogens with zero attached hydrogens (tertiary/aromatic N) is 3. The molecule has 0 atom stereocenters. The molecule has 180 valence electrons. The zero-order valence-electron chi connectivity index (χ0n) is 18.7. The standard InChI is InChI=1S/C24H20ClFN4O5/c1-14-6-8-21(20(10-14)30(32)33)34-13-16-7-9-22(35-16)24(31)27-23-11-15(2)29(28-23)12-17-18(25)4-3-5-19(17)26/h3-11H,12-13H2,1-2H3,(H,27,28,31). The molecule has 0 spiro atoms. The van der Waals surface area contributed by atoms with Crippen molar-refractivity contribution in [3.8, 4) is 5.75 Å². The van der Waals surface area contributed by atoms with E-state index in [0.29, 0.717) is 17.0 Å². The van der Waals surface area contributed by atoms with Crippen LogP contribution in [0.1, 0.15) is 33.1 Å². The number of rotatable bonds is 8. The van der Waals surface area contributed by atoms with Gasteiger partial charge >= 0.3 is 5.69 Å². The fourth-order valence-corrected chi connectivity index (χ4v) is 3.58. The monoisotopic (exact) mass is 498 g/mol. The van der Waals surface area contributed by atoms with Crippen molar-refractivity contribution >= 4 is 29.0 Å². The summed E-state index contributed by atoms with van der Waals surface area (Å²) in [5, 5.41) is 18.4. The second-order valence-corrected chi connectivity index (χ2v) is 8.17. The highest BCUT2D eigenvalue weighted by Gasteiger charge is 2.18. The summed E-state index contributed by atoms with van der Waals surface area (Å²) in [5.74, 6) is -0.332. The van der Waals surface area contributed by atoms with Gasteiger partial charge in [-0.05, 0) is 49.7 Å². The molecule has 2 aromatic carbocycles. The number of carbonyl (C=O) groups excluding carboxylic acids is 1. The largest absolute Gasteiger partial charge is 0.479 e. The van der Waals surface area contributed by atoms with Crippen molar-refractivity contribution in [2.45, 2.75) is 27.0 Å². The normalized spacial score (nSPS) is 10.9. The molecule has 0 aliphatic heterocycles. The zero-order valence-corrected chi connectivity index (χ0v) is 19.5. The Labute approximate surface area is 204 Å². The zero-order chi connectivity index (χ0) is 25.1. The van der Waals surface area contributed by atoms with Crippen molar-refractivity contribution in [2.24, 2.45) is 0 Å². The Morgan fingerprint density at radius 2 is 2.03 bits per heavy atom. The number of carbonyl (C=O) groups is 1. The van der Waals surface area contributed by atoms with Crippen LogP contribution in [0.2, 0.25) is 5.02 Å². The molecule has 0 radical (unpaired) electrons. The summed E-state index contributed by atoms with van der Waals surface area (Å²) in [7, 11) is 0. The minimum absolute atomic E-state index is 0.00589. The van der Waals surface area contributed by atoms with E-state index in [1.54, 1.807) is 38.1 Å². The van der Waals surface area contributed by atoms with E-state index in [0.717, 1.165) is 5.56 Å². The number of nitro benzene ring substituents is 1. The molecule has 0 saturated carbocycles. The number of nitrogens with one attached hydrogen (secondary N) is 1. The lowest BCUT2D eigenvalue weighted by Gasteiger charge is -2.07. The van der Waals surface area contributed by atoms with Crippen LogP contribution in [0.4, 0.5) is 15.9 Å². The van der Waals surface area contributed by atoms with Crippen LogP contribution in [0.5, 0.6) is 5.75 Å². The van der Waals surface area contributed by atoms with Gasteiger partial charge in [0.1, 0.15) is 18.2 Å². The maximum Gasteiger partial charge on any atom is 0.311 e. The first kappa shape index (κ1) is 24.0. The van der Waals surface area contributed by atoms with Gasteiger partial charge in [-0.25, -0.2) is 4.39 Å². The highest BCUT2D eigenvalue weighted by Crippen LogP contribution is 2.29. The molecule has 4 aromatic rings. The number of ether oxygens (including phenoxy) is 1. The summed E-state index contributed by atoms with van der Waals surface area (Å²) in [5.41, 5.74) is 1.56. The van der Waals surface area contributed by atoms with E-state index < -0.39 is 16.6 Å². The number of aryl methyl sites for hydroxylation is 2. The average molecular weight is 499 g/mol. The van der Waals surface area contributed by atoms with Crippen LogP contribution < -0.4 is 10.1 Å². The van der Waals surface area contributed by atoms with Gasteiger partial charge in [-0.2, -0.15) is 5.10 Å². The maximum atomic E-state index is 14.1. The number of hydrogen-bond acceptors (Lipinski definition) is 6. The van der Waals surface area contributed by atoms with E-state index in [1.807, 2.05) is 0 Å². The lowest BCUT2D eigenvalue weighted by molar-refractivity contribution is -0.386. The van der Waals surface area contributed by atoms with Crippen molar-refractivity contribution in [1.29, 1.82) is 0 Å². The van der Waals surface area contributed by atoms with Crippen LogP contribution in [0.3, 0.4) is 0 Å². The molecule has 0 aliphatic rings. The third-order valence-electron chi connectivity index (χ3n) is 5.16. The number of benzene rings is 2. The number of nitro groups is 1. The fourth-order valence-electron chi connectivity index (χ4n) is 3.36. The summed E-state index contributed by atoms with van der Waals surface area (Å²) < 4.78 is 26.7. The van der Waals surface area contributed by atoms with Gasteiger partial charge in [0.25, 0.3) is 5.91 Å². The number of anilines is 1. The molecule has 11 heteroatoms. The predicted octanol–water partition coefficient (Wildman–Crippen LogP) is 5.67. The van der Waals surface area contributed by atoms with Gasteiger partial charge in [-0.15, -0.1) is 0 Å². The first-order chi connectivity index (χ1) is 16.7. The minimum Gasteiger partial charge on any atom is -0.479 e. The first-order valence-corrected chi connectivity index (χ1v) is 10.8. The van der Waals surface area contributed by atoms with Crippen LogP contribution >= 0.6 is 11.6 Å². The van der Waals surface area contributed by atoms with Gasteiger partial charge in [0.15, 0.2) is 17.3 Å². The summed E-state index contributed by atoms with van der Waals surface area (Å²) in [4.78, 5) is 23.3. The van der Waals surface area contributed by atoms with Crippen molar-refractivity contribution in [1.82, 2.24) is 9.78 Å². The molecule has 35 heavy (non-hydrogen) atoms. The van der Waals surface area contributed by atoms with Crippen molar-refractivity contribution in [3.63, 3.8) is 0 Å². The molecule has 0 unspecified atom stereocenters. The molecule has 0 saturated heterocycles. The fraction of sp³-hybridized carbons (Fsp3) is 0.167. The number of furan rings is 1. The highest BCUT2D eigenvalue weighted by molar-refractivity contribution is 6.31. The van der Waals surface area contributed by atoms with E-state index in [4.69, 9.17) is 20.8 Å². The summed E-state index contributed by atoms with van der Waals surface area (Å²) >= 11 is 6.09. The molecular weight excluding hydrogens is 479 g/mol. The van der Waals surface area contributed by atoms with Crippen LogP contribution in [-0.4, -0.2) is 20.6 Å². The van der Waals surface area contributed by atoms with Gasteiger partial charge in [-0.1, -0.05) is 23.7 Å². The molecule has 0 fully saturated rings. The topological polar surface area (TPSA) is 112 Å². The van der Waals surface area contributed by atoms with E-state index >= 15 is 0 Å². The Morgan fingerprint density at radius 3 is 2.77 bits per heavy atom. The number of amides is 1. The molecule has 9 nitrogen and oxygen atoms in total. The molecule has 0 bridgehead atoms. The summed E-state index contributed by atoms with van der Waals surface area (Å²) in [6, 6.07) is 13.7. The smallest absolute Gasteiger partial charge is 0.311 e. The van der Waals surface area contributed by atoms with Crippen LogP contribution in [0.15, 0.2) is 59.0 Å². The third kappa shape index (κ3) is 5.49. The molecule has 1 amide bonds. The van der Waals surface area contributed by atoms with Crippen molar-refractivity contribution in [3.05, 3.63) is 104 Å². The molecule has 2 aromatic heterocycles. The predicted molar refractivity (Wildman–Crippen MR) is 126 cm³/mol. The number of aromatic nitrogens is 2. The second kappa shape index (κ2) is 9.98. The average Bonchev–Trinajstić information content (AvgIpc) is 3.42. The Kier molecular flexibility index (Phi) is 6.83. The Hall–Kier alpha value is -4.18. The second-order valence-electron chi connectivity index (χ2n) is 7.77. The molecule has 2 heterocycles. The lowest BCUT2D eigenvalue weighted by atomic mass is 10.2. The third-order valence-corrected chi connectivity index (χ3v) is 5.51. The summed E-state index contributed by atoms with van der Waals surface area (Å²) in [6.07, 6.45) is 0. The number of hydrogen-bond donors (Lipinski definition) is 1. The highest BCUT2D eigenvalue weighted by atomic mass is 35.5. The molecular formula is C24H20ClFN4O5. The van der Waals surface area contributed by atoms with E-state index in [9.17, 15) is 19.3 Å². The Bertz CT molecular complexity index is 1390. The quantitative estimate of drug-likeness (QED) is 0.247. The van der Waals surface area contributed by atoms with Gasteiger partial charge in [0, 0.05) is 28.4 Å². The minimum atomic E-state index is -0.550. The van der Waals surface area contributed by atoms with Crippen molar-refractivity contribution < 1.29 is 23.3 Å². The molecule has 0 aliphatic carbocycles. The van der Waals surface area contributed by atoms with Gasteiger partial charge in [0.05, 0.1) is 11.5 Å². The van der Waals surface area contributed by atoms with Crippen molar-refractivity contribution in [2.75, 3.05) is 5.32 Å². The lowest BCUT2D eigenvalue weighted by Crippen LogP contribution is -2.12. The van der Waals surface area contributed by atoms with E-state index in [1.165, 1.54) is 35.0 Å². The Morgan fingerprint density at radius 1 is 1.23 bits per heavy atom. The number of halogens is 2.